The van der Waals surface area contributed by atoms with Gasteiger partial charge >= 0.3 is 22.4 Å². The number of aliphatic carboxylic acids is 3. The van der Waals surface area contributed by atoms with Crippen LogP contribution in [0.2, 0.25) is 0 Å². The molecular formula is C7H5Ag2NO7-3. The molecule has 0 saturated heterocycles. The van der Waals surface area contributed by atoms with Crippen molar-refractivity contribution in [1.82, 2.24) is 0 Å². The van der Waals surface area contributed by atoms with E-state index in [0.29, 0.717) is 0 Å². The molecule has 17 heavy (non-hydrogen) atoms. The van der Waals surface area contributed by atoms with Crippen LogP contribution in [0.4, 0.5) is 0 Å². The molecule has 0 amide bonds. The van der Waals surface area contributed by atoms with Crippen molar-refractivity contribution in [2.24, 2.45) is 0 Å². The topological polar surface area (TPSA) is 164 Å². The Hall–Kier alpha value is -0.659. The Balaban J connectivity index is -0.000000199. The van der Waals surface area contributed by atoms with E-state index >= 15 is 0 Å². The van der Waals surface area contributed by atoms with Gasteiger partial charge in [0.05, 0.1) is 5.97 Å². The molecule has 0 saturated carbocycles. The summed E-state index contributed by atoms with van der Waals surface area (Å²) in [6.07, 6.45) is -2.72. The number of carbonyl (C=O) groups excluding carboxylic acids is 3. The first-order valence-corrected chi connectivity index (χ1v) is 3.34. The minimum Gasteiger partial charge on any atom is -0.550 e. The quantitative estimate of drug-likeness (QED) is 0.334. The molecule has 1 N–H and O–H groups in total. The smallest absolute Gasteiger partial charge is 0.550 e. The number of nitrogens with zero attached hydrogens (tertiary/aromatic N) is 1. The zero-order valence-electron chi connectivity index (χ0n) is 7.86. The molecule has 0 bridgehead atoms. The van der Waals surface area contributed by atoms with E-state index in [0.717, 1.165) is 0 Å². The summed E-state index contributed by atoms with van der Waals surface area (Å²) in [6, 6.07) is 0. The van der Waals surface area contributed by atoms with Gasteiger partial charge in [0, 0.05) is 47.2 Å². The van der Waals surface area contributed by atoms with Gasteiger partial charge in [0.1, 0.15) is 5.60 Å². The summed E-state index contributed by atoms with van der Waals surface area (Å²) in [5, 5.41) is 45.2. The van der Waals surface area contributed by atoms with Gasteiger partial charge in [-0.3, -0.25) is 0 Å². The van der Waals surface area contributed by atoms with Crippen LogP contribution in [-0.2, 0) is 59.1 Å². The summed E-state index contributed by atoms with van der Waals surface area (Å²) in [7, 11) is 0. The fraction of sp³-hybridized carbons (Fsp3) is 0.429. The van der Waals surface area contributed by atoms with Crippen LogP contribution < -0.4 is 15.3 Å². The van der Waals surface area contributed by atoms with Crippen molar-refractivity contribution in [3.05, 3.63) is 6.57 Å². The van der Waals surface area contributed by atoms with Gasteiger partial charge in [0.15, 0.2) is 0 Å². The minimum atomic E-state index is -2.97. The SMILES string of the molecule is O=C([O-])CC(O)(CC(=O)[O-])C(=O)[O-].[Ag+].[Ag].[C-]#N. The largest absolute Gasteiger partial charge is 1.00 e. The Morgan fingerprint density at radius 1 is 1.06 bits per heavy atom. The Morgan fingerprint density at radius 3 is 1.41 bits per heavy atom. The molecule has 8 nitrogen and oxygen atoms in total. The molecule has 0 aromatic heterocycles. The van der Waals surface area contributed by atoms with Crippen molar-refractivity contribution < 1.29 is 79.6 Å². The van der Waals surface area contributed by atoms with E-state index in [1.165, 1.54) is 0 Å². The van der Waals surface area contributed by atoms with Crippen LogP contribution in [0.1, 0.15) is 12.8 Å². The first kappa shape index (κ1) is 25.3. The number of rotatable bonds is 5. The van der Waals surface area contributed by atoms with Gasteiger partial charge in [-0.25, -0.2) is 0 Å². The Kier molecular flexibility index (Phi) is 17.5. The predicted octanol–water partition coefficient (Wildman–Crippen LogP) is -5.16. The second-order valence-corrected chi connectivity index (χ2v) is 2.42. The van der Waals surface area contributed by atoms with E-state index in [9.17, 15) is 29.7 Å². The molecule has 0 aliphatic carbocycles. The van der Waals surface area contributed by atoms with Gasteiger partial charge in [-0.1, -0.05) is 0 Å². The van der Waals surface area contributed by atoms with E-state index in [1.54, 1.807) is 0 Å². The molecule has 0 aliphatic heterocycles. The zero-order chi connectivity index (χ0) is 12.6. The summed E-state index contributed by atoms with van der Waals surface area (Å²) < 4.78 is 0. The monoisotopic (exact) mass is 429 g/mol. The maximum Gasteiger partial charge on any atom is 1.00 e. The number of carbonyl (C=O) groups is 3. The molecule has 1 radical (unpaired) electrons. The molecular weight excluding hydrogens is 426 g/mol. The average Bonchev–Trinajstić information content (AvgIpc) is 2.04. The van der Waals surface area contributed by atoms with Crippen LogP contribution in [0.3, 0.4) is 0 Å². The van der Waals surface area contributed by atoms with Crippen molar-refractivity contribution in [3.63, 3.8) is 0 Å². The van der Waals surface area contributed by atoms with Gasteiger partial charge < -0.3 is 46.6 Å². The maximum atomic E-state index is 10.1. The van der Waals surface area contributed by atoms with Crippen LogP contribution in [0.5, 0.6) is 0 Å². The molecule has 0 fully saturated rings. The third kappa shape index (κ3) is 11.6. The van der Waals surface area contributed by atoms with E-state index < -0.39 is 36.4 Å². The van der Waals surface area contributed by atoms with Crippen LogP contribution in [0.25, 0.3) is 0 Å². The molecule has 0 aliphatic rings. The van der Waals surface area contributed by atoms with Crippen LogP contribution in [0, 0.1) is 11.8 Å². The van der Waals surface area contributed by atoms with E-state index in [-0.39, 0.29) is 44.8 Å². The van der Waals surface area contributed by atoms with Gasteiger partial charge in [-0.2, -0.15) is 0 Å². The second kappa shape index (κ2) is 11.8. The average molecular weight is 431 g/mol. The van der Waals surface area contributed by atoms with Crippen molar-refractivity contribution in [3.8, 4) is 0 Å². The third-order valence-corrected chi connectivity index (χ3v) is 1.25. The fourth-order valence-electron chi connectivity index (χ4n) is 0.684. The molecule has 105 valence electrons. The second-order valence-electron chi connectivity index (χ2n) is 2.42. The molecule has 0 spiro atoms. The summed E-state index contributed by atoms with van der Waals surface area (Å²) in [5.41, 5.74) is -2.97. The molecule has 0 rings (SSSR count). The van der Waals surface area contributed by atoms with Gasteiger partial charge in [-0.05, 0) is 0 Å². The Bertz CT molecular complexity index is 275. The van der Waals surface area contributed by atoms with Crippen molar-refractivity contribution >= 4 is 17.9 Å². The molecule has 0 unspecified atom stereocenters. The molecule has 0 aromatic rings. The summed E-state index contributed by atoms with van der Waals surface area (Å²) in [6.45, 7) is 4.75. The summed E-state index contributed by atoms with van der Waals surface area (Å²) >= 11 is 0. The van der Waals surface area contributed by atoms with Crippen molar-refractivity contribution in [2.75, 3.05) is 0 Å². The van der Waals surface area contributed by atoms with Crippen LogP contribution >= 0.6 is 0 Å². The van der Waals surface area contributed by atoms with Crippen molar-refractivity contribution in [1.29, 1.82) is 5.26 Å². The van der Waals surface area contributed by atoms with E-state index in [2.05, 4.69) is 0 Å². The molecule has 0 aromatic carbocycles. The number of hydrogen-bond acceptors (Lipinski definition) is 8. The van der Waals surface area contributed by atoms with Crippen molar-refractivity contribution in [2.45, 2.75) is 18.4 Å². The fourth-order valence-corrected chi connectivity index (χ4v) is 0.684. The number of hydrogen-bond donors (Lipinski definition) is 1. The predicted molar refractivity (Wildman–Crippen MR) is 34.2 cm³/mol. The van der Waals surface area contributed by atoms with E-state index in [1.807, 2.05) is 0 Å². The number of carboxylic acid groups (broad SMARTS) is 3. The standard InChI is InChI=1S/C6H8O7.CN.2Ag/c7-3(8)1-6(13,5(11)12)2-4(9)10;1-2;;/h13H,1-2H2,(H,7,8)(H,9,10)(H,11,12);;;/q;-1;;+1/p-3. The zero-order valence-corrected chi connectivity index (χ0v) is 10.8. The normalized spacial score (nSPS) is 8.41. The van der Waals surface area contributed by atoms with Gasteiger partial charge in [0.25, 0.3) is 0 Å². The van der Waals surface area contributed by atoms with Crippen LogP contribution in [-0.4, -0.2) is 28.6 Å². The molecule has 0 atom stereocenters. The van der Waals surface area contributed by atoms with E-state index in [4.69, 9.17) is 16.9 Å². The van der Waals surface area contributed by atoms with Gasteiger partial charge in [-0.15, -0.1) is 0 Å². The maximum absolute atomic E-state index is 10.1. The molecule has 10 heteroatoms. The Morgan fingerprint density at radius 2 is 1.29 bits per heavy atom. The first-order valence-electron chi connectivity index (χ1n) is 3.34. The minimum absolute atomic E-state index is 0. The van der Waals surface area contributed by atoms with Crippen LogP contribution in [0.15, 0.2) is 0 Å². The summed E-state index contributed by atoms with van der Waals surface area (Å²) in [5.74, 6) is -5.98. The molecule has 0 heterocycles. The van der Waals surface area contributed by atoms with Gasteiger partial charge in [0.2, 0.25) is 0 Å². The summed E-state index contributed by atoms with van der Waals surface area (Å²) in [4.78, 5) is 30.0. The number of carboxylic acids is 3. The number of aliphatic hydroxyl groups is 1. The first-order chi connectivity index (χ1) is 6.78. The third-order valence-electron chi connectivity index (χ3n) is 1.25. The Labute approximate surface area is 127 Å².